The number of urea groups is 1. The molecule has 2 heterocycles. The molecule has 0 aromatic carbocycles. The number of amides is 3. The molecule has 1 saturated heterocycles. The number of hydrogen-bond acceptors (Lipinski definition) is 5. The van der Waals surface area contributed by atoms with Gasteiger partial charge < -0.3 is 14.9 Å². The molecule has 3 amide bonds. The first kappa shape index (κ1) is 13.5. The lowest BCUT2D eigenvalue weighted by molar-refractivity contribution is -0.143. The van der Waals surface area contributed by atoms with Gasteiger partial charge in [0.15, 0.2) is 12.5 Å². The van der Waals surface area contributed by atoms with Crippen LogP contribution in [0.3, 0.4) is 0 Å². The topological polar surface area (TPSA) is 99.1 Å². The maximum atomic E-state index is 11.7. The molecule has 0 aromatic rings. The number of hydrogen-bond donors (Lipinski definition) is 3. The fourth-order valence-electron chi connectivity index (χ4n) is 1.78. The van der Waals surface area contributed by atoms with Gasteiger partial charge in [0.25, 0.3) is 0 Å². The Kier molecular flexibility index (Phi) is 3.45. The van der Waals surface area contributed by atoms with Crippen LogP contribution in [-0.2, 0) is 9.53 Å². The monoisotopic (exact) mass is 320 g/mol. The van der Waals surface area contributed by atoms with Crippen molar-refractivity contribution < 1.29 is 24.5 Å². The molecule has 2 aliphatic heterocycles. The van der Waals surface area contributed by atoms with Gasteiger partial charge >= 0.3 is 6.03 Å². The number of nitrogens with one attached hydrogen (secondary N) is 1. The first-order valence-electron chi connectivity index (χ1n) is 5.33. The van der Waals surface area contributed by atoms with Gasteiger partial charge in [-0.3, -0.25) is 15.0 Å². The van der Waals surface area contributed by atoms with Crippen LogP contribution < -0.4 is 5.32 Å². The highest BCUT2D eigenvalue weighted by atomic mass is 79.9. The van der Waals surface area contributed by atoms with Crippen LogP contribution in [0.4, 0.5) is 4.79 Å². The summed E-state index contributed by atoms with van der Waals surface area (Å²) in [5.41, 5.74) is 0. The zero-order chi connectivity index (χ0) is 13.5. The third kappa shape index (κ3) is 2.05. The predicted octanol–water partition coefficient (Wildman–Crippen LogP) is -0.716. The molecule has 0 aromatic heterocycles. The van der Waals surface area contributed by atoms with Crippen molar-refractivity contribution in [2.45, 2.75) is 29.8 Å². The van der Waals surface area contributed by atoms with E-state index in [0.717, 1.165) is 4.90 Å². The molecule has 4 atom stereocenters. The Bertz CT molecular complexity index is 411. The highest BCUT2D eigenvalue weighted by Crippen LogP contribution is 2.31. The molecule has 100 valence electrons. The van der Waals surface area contributed by atoms with Crippen molar-refractivity contribution in [3.8, 4) is 0 Å². The number of aliphatic hydroxyl groups is 2. The molecule has 0 radical (unpaired) electrons. The number of halogens is 1. The van der Waals surface area contributed by atoms with Crippen LogP contribution >= 0.6 is 15.9 Å². The fraction of sp³-hybridized carbons (Fsp3) is 0.600. The minimum Gasteiger partial charge on any atom is -0.393 e. The maximum absolute atomic E-state index is 11.7. The number of imide groups is 1. The third-order valence-corrected chi connectivity index (χ3v) is 3.68. The molecular formula is C10H13BrN2O5. The quantitative estimate of drug-likeness (QED) is 0.461. The number of carbonyl (C=O) groups excluding carboxylic acids is 2. The number of alkyl halides is 1. The summed E-state index contributed by atoms with van der Waals surface area (Å²) < 4.78 is 4.02. The number of rotatable bonds is 2. The number of aliphatic hydroxyl groups excluding tert-OH is 2. The van der Waals surface area contributed by atoms with Gasteiger partial charge in [0.2, 0.25) is 5.91 Å². The van der Waals surface area contributed by atoms with Crippen LogP contribution in [0.5, 0.6) is 0 Å². The van der Waals surface area contributed by atoms with Crippen molar-refractivity contribution in [1.82, 2.24) is 10.2 Å². The standard InChI is InChI=1S/C10H13BrN2O5/c1-10(11)7(15)12-9(17)13(8(10)16)6-3-2-5(4-14)18-6/h2-3,5-6,8,14,16H,4H2,1H3,(H,12,15,17)/t5-,6+,8+,10-/m0/s1. The van der Waals surface area contributed by atoms with E-state index in [1.165, 1.54) is 6.92 Å². The minimum absolute atomic E-state index is 0.219. The average Bonchev–Trinajstić information content (AvgIpc) is 2.76. The highest BCUT2D eigenvalue weighted by Gasteiger charge is 2.51. The van der Waals surface area contributed by atoms with Gasteiger partial charge in [-0.05, 0) is 13.0 Å². The molecule has 2 aliphatic rings. The Morgan fingerprint density at radius 1 is 1.56 bits per heavy atom. The Labute approximate surface area is 112 Å². The zero-order valence-electron chi connectivity index (χ0n) is 9.54. The van der Waals surface area contributed by atoms with Gasteiger partial charge in [-0.25, -0.2) is 4.79 Å². The van der Waals surface area contributed by atoms with Crippen molar-refractivity contribution in [3.05, 3.63) is 12.2 Å². The van der Waals surface area contributed by atoms with Crippen molar-refractivity contribution in [3.63, 3.8) is 0 Å². The average molecular weight is 321 g/mol. The SMILES string of the molecule is C[C@]1(Br)C(=O)NC(=O)N([C@H]2C=C[C@@H](CO)O2)[C@@H]1O. The molecule has 0 unspecified atom stereocenters. The maximum Gasteiger partial charge on any atom is 0.328 e. The van der Waals surface area contributed by atoms with Crippen LogP contribution in [0.2, 0.25) is 0 Å². The lowest BCUT2D eigenvalue weighted by Gasteiger charge is -2.42. The van der Waals surface area contributed by atoms with Crippen molar-refractivity contribution in [1.29, 1.82) is 0 Å². The number of nitrogens with zero attached hydrogens (tertiary/aromatic N) is 1. The van der Waals surface area contributed by atoms with Crippen molar-refractivity contribution in [2.24, 2.45) is 0 Å². The first-order valence-corrected chi connectivity index (χ1v) is 6.12. The molecule has 0 saturated carbocycles. The zero-order valence-corrected chi connectivity index (χ0v) is 11.1. The summed E-state index contributed by atoms with van der Waals surface area (Å²) >= 11 is 3.09. The Morgan fingerprint density at radius 3 is 2.78 bits per heavy atom. The van der Waals surface area contributed by atoms with E-state index in [1.807, 2.05) is 0 Å². The molecule has 0 spiro atoms. The summed E-state index contributed by atoms with van der Waals surface area (Å²) in [6.45, 7) is 1.23. The lowest BCUT2D eigenvalue weighted by atomic mass is 10.1. The lowest BCUT2D eigenvalue weighted by Crippen LogP contribution is -2.68. The second-order valence-electron chi connectivity index (χ2n) is 4.25. The van der Waals surface area contributed by atoms with Crippen LogP contribution in [0, 0.1) is 0 Å². The molecule has 0 bridgehead atoms. The normalized spacial score (nSPS) is 40.2. The molecule has 8 heteroatoms. The fourth-order valence-corrected chi connectivity index (χ4v) is 2.10. The van der Waals surface area contributed by atoms with Gasteiger partial charge in [-0.1, -0.05) is 22.0 Å². The smallest absolute Gasteiger partial charge is 0.328 e. The van der Waals surface area contributed by atoms with E-state index in [1.54, 1.807) is 12.2 Å². The van der Waals surface area contributed by atoms with Crippen LogP contribution in [0.1, 0.15) is 6.92 Å². The van der Waals surface area contributed by atoms with Crippen molar-refractivity contribution in [2.75, 3.05) is 6.61 Å². The molecule has 3 N–H and O–H groups in total. The molecule has 18 heavy (non-hydrogen) atoms. The minimum atomic E-state index is -1.37. The second-order valence-corrected chi connectivity index (χ2v) is 5.90. The molecule has 2 rings (SSSR count). The summed E-state index contributed by atoms with van der Waals surface area (Å²) in [6.07, 6.45) is 0.428. The Morgan fingerprint density at radius 2 is 2.22 bits per heavy atom. The van der Waals surface area contributed by atoms with E-state index in [0.29, 0.717) is 0 Å². The van der Waals surface area contributed by atoms with Crippen molar-refractivity contribution >= 4 is 27.9 Å². The molecule has 0 aliphatic carbocycles. The van der Waals surface area contributed by atoms with Gasteiger partial charge in [0, 0.05) is 0 Å². The van der Waals surface area contributed by atoms with E-state index in [-0.39, 0.29) is 6.61 Å². The van der Waals surface area contributed by atoms with Gasteiger partial charge in [0.05, 0.1) is 6.61 Å². The van der Waals surface area contributed by atoms with E-state index in [4.69, 9.17) is 9.84 Å². The van der Waals surface area contributed by atoms with Crippen LogP contribution in [0.15, 0.2) is 12.2 Å². The summed E-state index contributed by atoms with van der Waals surface area (Å²) in [5.74, 6) is -0.614. The Balaban J connectivity index is 2.20. The molecular weight excluding hydrogens is 308 g/mol. The highest BCUT2D eigenvalue weighted by molar-refractivity contribution is 9.10. The van der Waals surface area contributed by atoms with E-state index in [2.05, 4.69) is 21.2 Å². The van der Waals surface area contributed by atoms with E-state index < -0.39 is 34.8 Å². The van der Waals surface area contributed by atoms with Gasteiger partial charge in [-0.15, -0.1) is 0 Å². The van der Waals surface area contributed by atoms with Gasteiger partial charge in [0.1, 0.15) is 10.4 Å². The van der Waals surface area contributed by atoms with Crippen LogP contribution in [-0.4, -0.2) is 56.5 Å². The largest absolute Gasteiger partial charge is 0.393 e. The summed E-state index contributed by atoms with van der Waals surface area (Å²) in [6, 6.07) is -0.738. The predicted molar refractivity (Wildman–Crippen MR) is 63.6 cm³/mol. The third-order valence-electron chi connectivity index (χ3n) is 2.91. The van der Waals surface area contributed by atoms with E-state index in [9.17, 15) is 14.7 Å². The van der Waals surface area contributed by atoms with Gasteiger partial charge in [-0.2, -0.15) is 0 Å². The number of ether oxygens (including phenoxy) is 1. The molecule has 1 fully saturated rings. The van der Waals surface area contributed by atoms with E-state index >= 15 is 0 Å². The summed E-state index contributed by atoms with van der Waals surface area (Å²) in [5, 5.41) is 21.1. The first-order chi connectivity index (χ1) is 8.37. The van der Waals surface area contributed by atoms with Crippen LogP contribution in [0.25, 0.3) is 0 Å². The Hall–Kier alpha value is -0.960. The molecule has 7 nitrogen and oxygen atoms in total. The summed E-state index contributed by atoms with van der Waals surface area (Å²) in [7, 11) is 0. The summed E-state index contributed by atoms with van der Waals surface area (Å²) in [4.78, 5) is 24.3. The number of carbonyl (C=O) groups is 2. The second kappa shape index (κ2) is 4.61.